The molecule has 1 aliphatic heterocycles. The molecule has 0 spiro atoms. The van der Waals surface area contributed by atoms with Crippen molar-refractivity contribution in [1.82, 2.24) is 10.3 Å². The summed E-state index contributed by atoms with van der Waals surface area (Å²) in [5.41, 5.74) is 4.54. The summed E-state index contributed by atoms with van der Waals surface area (Å²) in [7, 11) is 0. The van der Waals surface area contributed by atoms with Crippen LogP contribution in [0.5, 0.6) is 5.75 Å². The van der Waals surface area contributed by atoms with Gasteiger partial charge in [0.1, 0.15) is 12.4 Å². The highest BCUT2D eigenvalue weighted by Gasteiger charge is 2.13. The third kappa shape index (κ3) is 6.13. The average molecular weight is 482 g/mol. The van der Waals surface area contributed by atoms with Gasteiger partial charge in [0.2, 0.25) is 0 Å². The average Bonchev–Trinajstić information content (AvgIpc) is 2.79. The number of nitrogens with one attached hydrogen (secondary N) is 1. The van der Waals surface area contributed by atoms with Crippen LogP contribution in [0.4, 0.5) is 0 Å². The molecule has 0 saturated carbocycles. The van der Waals surface area contributed by atoms with Gasteiger partial charge >= 0.3 is 0 Å². The molecule has 31 heavy (non-hydrogen) atoms. The van der Waals surface area contributed by atoms with E-state index in [0.29, 0.717) is 26.4 Å². The number of carbonyl (C=O) groups excluding carboxylic acids is 1. The van der Waals surface area contributed by atoms with Crippen LogP contribution in [0.25, 0.3) is 10.8 Å². The Labute approximate surface area is 190 Å². The van der Waals surface area contributed by atoms with E-state index in [9.17, 15) is 4.79 Å². The van der Waals surface area contributed by atoms with Gasteiger partial charge in [-0.05, 0) is 62.1 Å². The molecule has 6 nitrogen and oxygen atoms in total. The minimum atomic E-state index is -0.132. The highest BCUT2D eigenvalue weighted by atomic mass is 79.9. The van der Waals surface area contributed by atoms with E-state index in [2.05, 4.69) is 56.8 Å². The maximum atomic E-state index is 12.0. The number of hydrogen-bond donors (Lipinski definition) is 1. The third-order valence-electron chi connectivity index (χ3n) is 5.04. The summed E-state index contributed by atoms with van der Waals surface area (Å²) in [6, 6.07) is 20.3. The molecule has 0 aromatic heterocycles. The number of amides is 1. The lowest BCUT2D eigenvalue weighted by atomic mass is 10.1. The van der Waals surface area contributed by atoms with Crippen molar-refractivity contribution in [3.05, 3.63) is 76.3 Å². The number of benzene rings is 3. The van der Waals surface area contributed by atoms with Gasteiger partial charge in [-0.2, -0.15) is 5.10 Å². The zero-order valence-electron chi connectivity index (χ0n) is 17.1. The summed E-state index contributed by atoms with van der Waals surface area (Å²) in [6.45, 7) is 3.68. The number of ether oxygens (including phenoxy) is 2. The molecule has 3 aromatic carbocycles. The van der Waals surface area contributed by atoms with Gasteiger partial charge in [0.25, 0.3) is 5.91 Å². The predicted molar refractivity (Wildman–Crippen MR) is 125 cm³/mol. The number of hydrazone groups is 1. The van der Waals surface area contributed by atoms with Gasteiger partial charge in [-0.25, -0.2) is 5.43 Å². The van der Waals surface area contributed by atoms with E-state index in [1.807, 2.05) is 35.2 Å². The number of fused-ring (bicyclic) bond motifs is 1. The molecule has 0 radical (unpaired) electrons. The largest absolute Gasteiger partial charge is 0.488 e. The lowest BCUT2D eigenvalue weighted by Gasteiger charge is -2.25. The van der Waals surface area contributed by atoms with Crippen LogP contribution in [0.2, 0.25) is 0 Å². The zero-order chi connectivity index (χ0) is 21.5. The van der Waals surface area contributed by atoms with Crippen molar-refractivity contribution in [3.63, 3.8) is 0 Å². The summed E-state index contributed by atoms with van der Waals surface area (Å²) >= 11 is 3.55. The SMILES string of the molecule is O=C(CN1CCOCC1)N/N=C/c1ccc(OCc2ccc3ccccc3c2)c(Br)c1. The summed E-state index contributed by atoms with van der Waals surface area (Å²) in [5, 5.41) is 6.47. The van der Waals surface area contributed by atoms with Crippen LogP contribution in [-0.2, 0) is 16.1 Å². The first-order valence-corrected chi connectivity index (χ1v) is 11.0. The van der Waals surface area contributed by atoms with Gasteiger partial charge in [-0.1, -0.05) is 36.4 Å². The van der Waals surface area contributed by atoms with Gasteiger partial charge in [0.15, 0.2) is 0 Å². The summed E-state index contributed by atoms with van der Waals surface area (Å²) in [5.74, 6) is 0.620. The van der Waals surface area contributed by atoms with Crippen molar-refractivity contribution in [2.24, 2.45) is 5.10 Å². The molecule has 1 amide bonds. The minimum absolute atomic E-state index is 0.132. The lowest BCUT2D eigenvalue weighted by Crippen LogP contribution is -2.42. The molecule has 1 saturated heterocycles. The molecule has 7 heteroatoms. The normalized spacial score (nSPS) is 14.7. The molecular formula is C24H24BrN3O3. The number of morpholine rings is 1. The molecule has 1 fully saturated rings. The maximum absolute atomic E-state index is 12.0. The Morgan fingerprint density at radius 3 is 2.71 bits per heavy atom. The summed E-state index contributed by atoms with van der Waals surface area (Å²) < 4.78 is 12.1. The number of halogens is 1. The van der Waals surface area contributed by atoms with Crippen LogP contribution in [-0.4, -0.2) is 49.9 Å². The second-order valence-electron chi connectivity index (χ2n) is 7.34. The summed E-state index contributed by atoms with van der Waals surface area (Å²) in [4.78, 5) is 14.0. The first-order chi connectivity index (χ1) is 15.2. The van der Waals surface area contributed by atoms with Crippen LogP contribution in [0.15, 0.2) is 70.2 Å². The molecule has 1 heterocycles. The fourth-order valence-electron chi connectivity index (χ4n) is 3.38. The van der Waals surface area contributed by atoms with Crippen molar-refractivity contribution in [2.45, 2.75) is 6.61 Å². The Kier molecular flexibility index (Phi) is 7.30. The Bertz CT molecular complexity index is 1080. The predicted octanol–water partition coefficient (Wildman–Crippen LogP) is 3.96. The molecule has 3 aromatic rings. The smallest absolute Gasteiger partial charge is 0.254 e. The van der Waals surface area contributed by atoms with E-state index in [-0.39, 0.29) is 5.91 Å². The van der Waals surface area contributed by atoms with Gasteiger partial charge in [0.05, 0.1) is 30.4 Å². The number of rotatable bonds is 7. The van der Waals surface area contributed by atoms with E-state index in [1.54, 1.807) is 6.21 Å². The Balaban J connectivity index is 1.29. The Hall–Kier alpha value is -2.74. The zero-order valence-corrected chi connectivity index (χ0v) is 18.7. The number of hydrogen-bond acceptors (Lipinski definition) is 5. The van der Waals surface area contributed by atoms with Crippen molar-refractivity contribution >= 4 is 38.8 Å². The second kappa shape index (κ2) is 10.5. The topological polar surface area (TPSA) is 63.2 Å². The monoisotopic (exact) mass is 481 g/mol. The Morgan fingerprint density at radius 1 is 1.10 bits per heavy atom. The van der Waals surface area contributed by atoms with E-state index in [4.69, 9.17) is 9.47 Å². The van der Waals surface area contributed by atoms with E-state index in [0.717, 1.165) is 34.4 Å². The van der Waals surface area contributed by atoms with E-state index < -0.39 is 0 Å². The molecular weight excluding hydrogens is 458 g/mol. The molecule has 0 aliphatic carbocycles. The number of carbonyl (C=O) groups is 1. The number of nitrogens with zero attached hydrogens (tertiary/aromatic N) is 2. The Morgan fingerprint density at radius 2 is 1.90 bits per heavy atom. The molecule has 160 valence electrons. The first kappa shape index (κ1) is 21.5. The van der Waals surface area contributed by atoms with Crippen molar-refractivity contribution in [2.75, 3.05) is 32.8 Å². The van der Waals surface area contributed by atoms with Gasteiger partial charge in [-0.3, -0.25) is 9.69 Å². The van der Waals surface area contributed by atoms with Crippen molar-refractivity contribution in [3.8, 4) is 5.75 Å². The van der Waals surface area contributed by atoms with Crippen LogP contribution >= 0.6 is 15.9 Å². The molecule has 1 aliphatic rings. The molecule has 0 atom stereocenters. The van der Waals surface area contributed by atoms with E-state index >= 15 is 0 Å². The quantitative estimate of drug-likeness (QED) is 0.409. The molecule has 0 unspecified atom stereocenters. The van der Waals surface area contributed by atoms with Crippen molar-refractivity contribution in [1.29, 1.82) is 0 Å². The van der Waals surface area contributed by atoms with Gasteiger partial charge < -0.3 is 9.47 Å². The fourth-order valence-corrected chi connectivity index (χ4v) is 3.89. The third-order valence-corrected chi connectivity index (χ3v) is 5.66. The van der Waals surface area contributed by atoms with Crippen LogP contribution in [0.1, 0.15) is 11.1 Å². The van der Waals surface area contributed by atoms with Crippen molar-refractivity contribution < 1.29 is 14.3 Å². The molecule has 4 rings (SSSR count). The van der Waals surface area contributed by atoms with Crippen LogP contribution in [0, 0.1) is 0 Å². The second-order valence-corrected chi connectivity index (χ2v) is 8.20. The van der Waals surface area contributed by atoms with Gasteiger partial charge in [-0.15, -0.1) is 0 Å². The fraction of sp³-hybridized carbons (Fsp3) is 0.250. The maximum Gasteiger partial charge on any atom is 0.254 e. The highest BCUT2D eigenvalue weighted by molar-refractivity contribution is 9.10. The van der Waals surface area contributed by atoms with E-state index in [1.165, 1.54) is 10.8 Å². The van der Waals surface area contributed by atoms with Crippen LogP contribution in [0.3, 0.4) is 0 Å². The first-order valence-electron chi connectivity index (χ1n) is 10.2. The molecule has 1 N–H and O–H groups in total. The standard InChI is InChI=1S/C24H24BrN3O3/c25-22-14-18(15-26-27-24(29)16-28-9-11-30-12-10-28)6-8-23(22)31-17-19-5-7-20-3-1-2-4-21(20)13-19/h1-8,13-15H,9-12,16-17H2,(H,27,29)/b26-15+. The highest BCUT2D eigenvalue weighted by Crippen LogP contribution is 2.27. The molecule has 0 bridgehead atoms. The van der Waals surface area contributed by atoms with Crippen LogP contribution < -0.4 is 10.2 Å². The lowest BCUT2D eigenvalue weighted by molar-refractivity contribution is -0.123. The minimum Gasteiger partial charge on any atom is -0.488 e. The van der Waals surface area contributed by atoms with Gasteiger partial charge in [0, 0.05) is 13.1 Å². The summed E-state index contributed by atoms with van der Waals surface area (Å²) in [6.07, 6.45) is 1.62.